The fourth-order valence-electron chi connectivity index (χ4n) is 1.44. The van der Waals surface area contributed by atoms with E-state index < -0.39 is 5.97 Å². The van der Waals surface area contributed by atoms with Gasteiger partial charge in [0.15, 0.2) is 17.9 Å². The summed E-state index contributed by atoms with van der Waals surface area (Å²) in [7, 11) is 1.54. The lowest BCUT2D eigenvalue weighted by atomic mass is 10.2. The third-order valence-electron chi connectivity index (χ3n) is 2.11. The number of hydrogen-bond acceptors (Lipinski definition) is 4. The number of benzene rings is 1. The van der Waals surface area contributed by atoms with Gasteiger partial charge in [0.25, 0.3) is 0 Å². The predicted molar refractivity (Wildman–Crippen MR) is 55.9 cm³/mol. The summed E-state index contributed by atoms with van der Waals surface area (Å²) in [5.74, 6) is 0.0297. The Bertz CT molecular complexity index is 514. The van der Waals surface area contributed by atoms with E-state index in [0.717, 1.165) is 0 Å². The van der Waals surface area contributed by atoms with Gasteiger partial charge in [0, 0.05) is 0 Å². The van der Waals surface area contributed by atoms with Gasteiger partial charge in [-0.1, -0.05) is 0 Å². The summed E-state index contributed by atoms with van der Waals surface area (Å²) in [6, 6.07) is 5.03. The van der Waals surface area contributed by atoms with Gasteiger partial charge in [-0.25, -0.2) is 4.79 Å². The van der Waals surface area contributed by atoms with Gasteiger partial charge in [0.1, 0.15) is 5.75 Å². The molecule has 0 unspecified atom stereocenters. The van der Waals surface area contributed by atoms with Crippen molar-refractivity contribution < 1.29 is 23.8 Å². The molecule has 0 aliphatic heterocycles. The van der Waals surface area contributed by atoms with Gasteiger partial charge in [0.2, 0.25) is 0 Å². The molecule has 1 aromatic heterocycles. The second-order valence-corrected chi connectivity index (χ2v) is 3.11. The Balaban J connectivity index is 2.39. The number of ether oxygens (including phenoxy) is 2. The molecule has 84 valence electrons. The van der Waals surface area contributed by atoms with E-state index >= 15 is 0 Å². The van der Waals surface area contributed by atoms with E-state index in [0.29, 0.717) is 22.5 Å². The minimum atomic E-state index is -1.02. The average molecular weight is 222 g/mol. The number of fused-ring (bicyclic) bond motifs is 1. The first-order valence-electron chi connectivity index (χ1n) is 4.61. The van der Waals surface area contributed by atoms with Crippen molar-refractivity contribution >= 4 is 16.9 Å². The Morgan fingerprint density at radius 3 is 2.81 bits per heavy atom. The lowest BCUT2D eigenvalue weighted by Gasteiger charge is -2.06. The van der Waals surface area contributed by atoms with E-state index in [9.17, 15) is 4.79 Å². The molecule has 0 radical (unpaired) electrons. The second-order valence-electron chi connectivity index (χ2n) is 3.11. The molecule has 1 aromatic carbocycles. The number of aliphatic carboxylic acids is 1. The van der Waals surface area contributed by atoms with Crippen LogP contribution >= 0.6 is 0 Å². The Kier molecular flexibility index (Phi) is 2.68. The lowest BCUT2D eigenvalue weighted by Crippen LogP contribution is -2.09. The Morgan fingerprint density at radius 1 is 1.38 bits per heavy atom. The van der Waals surface area contributed by atoms with Crippen molar-refractivity contribution in [1.82, 2.24) is 0 Å². The highest BCUT2D eigenvalue weighted by molar-refractivity contribution is 5.89. The Hall–Kier alpha value is -2.17. The molecule has 1 N–H and O–H groups in total. The zero-order chi connectivity index (χ0) is 11.5. The number of hydrogen-bond donors (Lipinski definition) is 1. The highest BCUT2D eigenvalue weighted by Gasteiger charge is 2.11. The van der Waals surface area contributed by atoms with Crippen molar-refractivity contribution in [3.05, 3.63) is 24.5 Å². The first kappa shape index (κ1) is 10.4. The third kappa shape index (κ3) is 1.79. The van der Waals surface area contributed by atoms with E-state index in [-0.39, 0.29) is 6.61 Å². The van der Waals surface area contributed by atoms with Gasteiger partial charge in [-0.2, -0.15) is 0 Å². The number of carboxylic acids is 1. The van der Waals surface area contributed by atoms with Gasteiger partial charge >= 0.3 is 5.97 Å². The van der Waals surface area contributed by atoms with Crippen LogP contribution < -0.4 is 9.47 Å². The molecule has 0 saturated heterocycles. The smallest absolute Gasteiger partial charge is 0.341 e. The minimum Gasteiger partial charge on any atom is -0.493 e. The third-order valence-corrected chi connectivity index (χ3v) is 2.11. The van der Waals surface area contributed by atoms with Crippen LogP contribution in [0.5, 0.6) is 11.5 Å². The first-order chi connectivity index (χ1) is 7.72. The standard InChI is InChI=1S/C11H10O5/c1-14-9-3-2-8(16-6-10(12)13)7-4-5-15-11(7)9/h2-5H,6H2,1H3,(H,12,13). The predicted octanol–water partition coefficient (Wildman–Crippen LogP) is 1.90. The number of rotatable bonds is 4. The highest BCUT2D eigenvalue weighted by Crippen LogP contribution is 2.33. The molecule has 0 aliphatic carbocycles. The van der Waals surface area contributed by atoms with E-state index in [1.54, 1.807) is 18.2 Å². The maximum atomic E-state index is 10.4. The van der Waals surface area contributed by atoms with Crippen LogP contribution in [0.3, 0.4) is 0 Å². The van der Waals surface area contributed by atoms with Crippen molar-refractivity contribution in [2.75, 3.05) is 13.7 Å². The Labute approximate surface area is 91.2 Å². The maximum absolute atomic E-state index is 10.4. The van der Waals surface area contributed by atoms with Crippen molar-refractivity contribution in [2.24, 2.45) is 0 Å². The number of carbonyl (C=O) groups is 1. The fourth-order valence-corrected chi connectivity index (χ4v) is 1.44. The molecule has 16 heavy (non-hydrogen) atoms. The highest BCUT2D eigenvalue weighted by atomic mass is 16.5. The van der Waals surface area contributed by atoms with Crippen LogP contribution in [0.15, 0.2) is 28.9 Å². The molecule has 0 saturated carbocycles. The normalized spacial score (nSPS) is 10.3. The summed E-state index contributed by atoms with van der Waals surface area (Å²) in [6.07, 6.45) is 1.50. The molecule has 0 spiro atoms. The van der Waals surface area contributed by atoms with E-state index in [1.807, 2.05) is 0 Å². The summed E-state index contributed by atoms with van der Waals surface area (Å²) in [5, 5.41) is 9.22. The molecule has 5 heteroatoms. The van der Waals surface area contributed by atoms with Crippen molar-refractivity contribution in [3.8, 4) is 11.5 Å². The van der Waals surface area contributed by atoms with Gasteiger partial charge < -0.3 is 19.0 Å². The fraction of sp³-hybridized carbons (Fsp3) is 0.182. The lowest BCUT2D eigenvalue weighted by molar-refractivity contribution is -0.139. The van der Waals surface area contributed by atoms with E-state index in [2.05, 4.69) is 0 Å². The molecule has 5 nitrogen and oxygen atoms in total. The summed E-state index contributed by atoms with van der Waals surface area (Å²) < 4.78 is 15.5. The summed E-state index contributed by atoms with van der Waals surface area (Å²) >= 11 is 0. The number of carboxylic acid groups (broad SMARTS) is 1. The molecule has 2 aromatic rings. The van der Waals surface area contributed by atoms with Crippen molar-refractivity contribution in [2.45, 2.75) is 0 Å². The number of furan rings is 1. The van der Waals surface area contributed by atoms with Crippen LogP contribution in [0, 0.1) is 0 Å². The Morgan fingerprint density at radius 2 is 2.12 bits per heavy atom. The molecular formula is C11H10O5. The molecule has 0 amide bonds. The maximum Gasteiger partial charge on any atom is 0.341 e. The molecule has 0 bridgehead atoms. The zero-order valence-corrected chi connectivity index (χ0v) is 8.60. The quantitative estimate of drug-likeness (QED) is 0.855. The molecule has 0 atom stereocenters. The van der Waals surface area contributed by atoms with Gasteiger partial charge in [-0.3, -0.25) is 0 Å². The van der Waals surface area contributed by atoms with Crippen LogP contribution in [-0.2, 0) is 4.79 Å². The van der Waals surface area contributed by atoms with Crippen LogP contribution in [0.2, 0.25) is 0 Å². The average Bonchev–Trinajstić information content (AvgIpc) is 2.74. The summed E-state index contributed by atoms with van der Waals surface area (Å²) in [4.78, 5) is 10.4. The minimum absolute atomic E-state index is 0.382. The molecule has 2 rings (SSSR count). The van der Waals surface area contributed by atoms with E-state index in [1.165, 1.54) is 13.4 Å². The van der Waals surface area contributed by atoms with Crippen LogP contribution in [0.4, 0.5) is 0 Å². The molecule has 1 heterocycles. The van der Waals surface area contributed by atoms with Crippen LogP contribution in [0.25, 0.3) is 11.0 Å². The molecule has 0 aliphatic rings. The van der Waals surface area contributed by atoms with Crippen LogP contribution in [-0.4, -0.2) is 24.8 Å². The van der Waals surface area contributed by atoms with Crippen molar-refractivity contribution in [1.29, 1.82) is 0 Å². The SMILES string of the molecule is COc1ccc(OCC(=O)O)c2ccoc12. The van der Waals surface area contributed by atoms with E-state index in [4.69, 9.17) is 19.0 Å². The molecular weight excluding hydrogens is 212 g/mol. The number of methoxy groups -OCH3 is 1. The molecule has 0 fully saturated rings. The largest absolute Gasteiger partial charge is 0.493 e. The van der Waals surface area contributed by atoms with Crippen molar-refractivity contribution in [3.63, 3.8) is 0 Å². The first-order valence-corrected chi connectivity index (χ1v) is 4.61. The zero-order valence-electron chi connectivity index (χ0n) is 8.60. The van der Waals surface area contributed by atoms with Gasteiger partial charge in [-0.15, -0.1) is 0 Å². The summed E-state index contributed by atoms with van der Waals surface area (Å²) in [5.41, 5.74) is 0.547. The monoisotopic (exact) mass is 222 g/mol. The van der Waals surface area contributed by atoms with Gasteiger partial charge in [-0.05, 0) is 18.2 Å². The van der Waals surface area contributed by atoms with Crippen LogP contribution in [0.1, 0.15) is 0 Å². The second kappa shape index (κ2) is 4.14. The summed E-state index contributed by atoms with van der Waals surface area (Å²) in [6.45, 7) is -0.382. The topological polar surface area (TPSA) is 68.9 Å². The van der Waals surface area contributed by atoms with Gasteiger partial charge in [0.05, 0.1) is 18.8 Å².